The lowest BCUT2D eigenvalue weighted by Crippen LogP contribution is -2.27. The number of nitrogens with one attached hydrogen (secondary N) is 1. The van der Waals surface area contributed by atoms with Gasteiger partial charge in [0.2, 0.25) is 13.1 Å². The minimum atomic E-state index is -0.630. The molecule has 2 N–H and O–H groups in total. The van der Waals surface area contributed by atoms with E-state index in [-0.39, 0.29) is 6.79 Å². The molecule has 2 aliphatic rings. The second-order valence-corrected chi connectivity index (χ2v) is 9.02. The summed E-state index contributed by atoms with van der Waals surface area (Å²) in [4.78, 5) is 12.3. The minimum Gasteiger partial charge on any atom is -0.489 e. The van der Waals surface area contributed by atoms with Gasteiger partial charge < -0.3 is 23.7 Å². The van der Waals surface area contributed by atoms with Crippen molar-refractivity contribution in [1.82, 2.24) is 5.48 Å². The van der Waals surface area contributed by atoms with Crippen LogP contribution >= 0.6 is 0 Å². The molecule has 2 aliphatic heterocycles. The molecule has 0 fully saturated rings. The van der Waals surface area contributed by atoms with Crippen molar-refractivity contribution in [3.63, 3.8) is 0 Å². The molecule has 2 heterocycles. The predicted molar refractivity (Wildman–Crippen MR) is 137 cm³/mol. The Morgan fingerprint density at radius 2 is 1.50 bits per heavy atom. The van der Waals surface area contributed by atoms with E-state index in [4.69, 9.17) is 23.7 Å². The third-order valence-corrected chi connectivity index (χ3v) is 6.49. The van der Waals surface area contributed by atoms with Gasteiger partial charge in [0, 0.05) is 6.42 Å². The predicted octanol–water partition coefficient (Wildman–Crippen LogP) is 4.97. The molecule has 8 nitrogen and oxygen atoms in total. The summed E-state index contributed by atoms with van der Waals surface area (Å²) in [7, 11) is 0. The number of carbonyl (C=O) groups excluding carboxylic acids is 1. The van der Waals surface area contributed by atoms with E-state index in [0.29, 0.717) is 30.3 Å². The highest BCUT2D eigenvalue weighted by atomic mass is 16.7. The first-order valence-electron chi connectivity index (χ1n) is 12.2. The Hall–Kier alpha value is -4.69. The van der Waals surface area contributed by atoms with E-state index in [0.717, 1.165) is 33.8 Å². The summed E-state index contributed by atoms with van der Waals surface area (Å²) in [6.07, 6.45) is 0.143. The summed E-state index contributed by atoms with van der Waals surface area (Å²) >= 11 is 0. The van der Waals surface area contributed by atoms with Crippen LogP contribution in [-0.4, -0.2) is 24.2 Å². The van der Waals surface area contributed by atoms with Gasteiger partial charge in [-0.1, -0.05) is 54.6 Å². The lowest BCUT2D eigenvalue weighted by atomic mass is 9.91. The van der Waals surface area contributed by atoms with E-state index in [1.54, 1.807) is 5.48 Å². The Kier molecular flexibility index (Phi) is 6.46. The smallest absolute Gasteiger partial charge is 0.255 e. The quantitative estimate of drug-likeness (QED) is 0.255. The maximum absolute atomic E-state index is 12.3. The normalized spacial score (nSPS) is 15.7. The molecule has 0 bridgehead atoms. The summed E-state index contributed by atoms with van der Waals surface area (Å²) < 4.78 is 28.8. The number of fused-ring (bicyclic) bond motifs is 2. The van der Waals surface area contributed by atoms with Gasteiger partial charge in [0.25, 0.3) is 5.91 Å². The van der Waals surface area contributed by atoms with Crippen LogP contribution in [0.2, 0.25) is 0 Å². The zero-order valence-electron chi connectivity index (χ0n) is 20.3. The average molecular weight is 512 g/mol. The Labute approximate surface area is 219 Å². The van der Waals surface area contributed by atoms with E-state index >= 15 is 0 Å². The number of rotatable bonds is 8. The van der Waals surface area contributed by atoms with Crippen LogP contribution in [0.5, 0.6) is 28.7 Å². The summed E-state index contributed by atoms with van der Waals surface area (Å²) in [5.74, 6) is 2.37. The molecule has 0 saturated heterocycles. The van der Waals surface area contributed by atoms with Crippen LogP contribution in [0, 0.1) is 0 Å². The maximum Gasteiger partial charge on any atom is 0.255 e. The second-order valence-electron chi connectivity index (χ2n) is 9.02. The van der Waals surface area contributed by atoms with E-state index < -0.39 is 18.1 Å². The lowest BCUT2D eigenvalue weighted by molar-refractivity contribution is -0.129. The lowest BCUT2D eigenvalue weighted by Gasteiger charge is -2.16. The number of amides is 1. The highest BCUT2D eigenvalue weighted by molar-refractivity contribution is 5.86. The first kappa shape index (κ1) is 23.7. The molecule has 8 heteroatoms. The summed E-state index contributed by atoms with van der Waals surface area (Å²) in [5, 5.41) is 9.23. The molecular weight excluding hydrogens is 486 g/mol. The standard InChI is InChI=1S/C30H25NO7/c32-30(31-33)29(21-4-2-1-3-5-21)22-8-10-23(11-9-22)34-17-20-7-13-25-27(15-20)38-28(37-25)16-19-6-12-24-26(14-19)36-18-35-24/h1-15,28-29,33H,16-18H2,(H,31,32). The van der Waals surface area contributed by atoms with Gasteiger partial charge in [-0.15, -0.1) is 0 Å². The maximum atomic E-state index is 12.3. The van der Waals surface area contributed by atoms with Gasteiger partial charge in [-0.2, -0.15) is 0 Å². The summed E-state index contributed by atoms with van der Waals surface area (Å²) in [6.45, 7) is 0.576. The number of hydrogen-bond donors (Lipinski definition) is 2. The molecule has 0 spiro atoms. The Morgan fingerprint density at radius 1 is 0.816 bits per heavy atom. The van der Waals surface area contributed by atoms with Gasteiger partial charge in [-0.3, -0.25) is 10.0 Å². The number of ether oxygens (including phenoxy) is 5. The van der Waals surface area contributed by atoms with Crippen LogP contribution in [0.25, 0.3) is 0 Å². The van der Waals surface area contributed by atoms with Crippen molar-refractivity contribution in [3.05, 3.63) is 113 Å². The number of hydrogen-bond acceptors (Lipinski definition) is 7. The molecule has 4 aromatic rings. The van der Waals surface area contributed by atoms with Gasteiger partial charge >= 0.3 is 0 Å². The van der Waals surface area contributed by atoms with Gasteiger partial charge in [0.05, 0.1) is 5.92 Å². The molecule has 0 saturated carbocycles. The zero-order chi connectivity index (χ0) is 25.9. The molecule has 6 rings (SSSR count). The molecule has 2 atom stereocenters. The zero-order valence-corrected chi connectivity index (χ0v) is 20.3. The van der Waals surface area contributed by atoms with Crippen molar-refractivity contribution >= 4 is 5.91 Å². The third kappa shape index (κ3) is 4.94. The summed E-state index contributed by atoms with van der Waals surface area (Å²) in [6, 6.07) is 28.1. The monoisotopic (exact) mass is 511 g/mol. The topological polar surface area (TPSA) is 95.5 Å². The van der Waals surface area contributed by atoms with Crippen molar-refractivity contribution in [2.24, 2.45) is 0 Å². The van der Waals surface area contributed by atoms with Crippen LogP contribution in [-0.2, 0) is 17.8 Å². The van der Waals surface area contributed by atoms with Gasteiger partial charge in [0.1, 0.15) is 12.4 Å². The van der Waals surface area contributed by atoms with Crippen LogP contribution in [0.1, 0.15) is 28.2 Å². The second kappa shape index (κ2) is 10.4. The van der Waals surface area contributed by atoms with Crippen LogP contribution in [0.3, 0.4) is 0 Å². The molecular formula is C30H25NO7. The van der Waals surface area contributed by atoms with Crippen LogP contribution in [0.4, 0.5) is 0 Å². The van der Waals surface area contributed by atoms with E-state index in [9.17, 15) is 10.0 Å². The van der Waals surface area contributed by atoms with Crippen molar-refractivity contribution in [3.8, 4) is 28.7 Å². The average Bonchev–Trinajstić information content (AvgIpc) is 3.59. The molecule has 0 aliphatic carbocycles. The summed E-state index contributed by atoms with van der Waals surface area (Å²) in [5.41, 5.74) is 5.26. The fourth-order valence-electron chi connectivity index (χ4n) is 4.61. The van der Waals surface area contributed by atoms with Gasteiger partial charge in [-0.05, 0) is 58.7 Å². The molecule has 4 aromatic carbocycles. The number of benzene rings is 4. The Morgan fingerprint density at radius 3 is 2.32 bits per heavy atom. The first-order valence-corrected chi connectivity index (χ1v) is 12.2. The molecule has 38 heavy (non-hydrogen) atoms. The molecule has 1 amide bonds. The number of carbonyl (C=O) groups is 1. The Bertz CT molecular complexity index is 1440. The Balaban J connectivity index is 1.08. The SMILES string of the molecule is O=C(NO)C(c1ccccc1)c1ccc(OCc2ccc3c(c2)OC(Cc2ccc4c(c2)OCO4)O3)cc1. The number of hydroxylamine groups is 1. The van der Waals surface area contributed by atoms with Crippen molar-refractivity contribution < 1.29 is 33.7 Å². The largest absolute Gasteiger partial charge is 0.489 e. The van der Waals surface area contributed by atoms with Crippen LogP contribution in [0.15, 0.2) is 91.0 Å². The van der Waals surface area contributed by atoms with Gasteiger partial charge in [0.15, 0.2) is 23.0 Å². The molecule has 192 valence electrons. The van der Waals surface area contributed by atoms with Crippen LogP contribution < -0.4 is 29.2 Å². The molecule has 0 radical (unpaired) electrons. The van der Waals surface area contributed by atoms with E-state index in [2.05, 4.69) is 0 Å². The van der Waals surface area contributed by atoms with Crippen molar-refractivity contribution in [2.75, 3.05) is 6.79 Å². The van der Waals surface area contributed by atoms with Crippen molar-refractivity contribution in [2.45, 2.75) is 25.2 Å². The fraction of sp³-hybridized carbons (Fsp3) is 0.167. The van der Waals surface area contributed by atoms with Gasteiger partial charge in [-0.25, -0.2) is 5.48 Å². The molecule has 2 unspecified atom stereocenters. The minimum absolute atomic E-state index is 0.241. The third-order valence-electron chi connectivity index (χ3n) is 6.49. The fourth-order valence-corrected chi connectivity index (χ4v) is 4.61. The van der Waals surface area contributed by atoms with E-state index in [1.807, 2.05) is 91.0 Å². The first-order chi connectivity index (χ1) is 18.7. The highest BCUT2D eigenvalue weighted by Gasteiger charge is 2.26. The molecule has 0 aromatic heterocycles. The highest BCUT2D eigenvalue weighted by Crippen LogP contribution is 2.38. The van der Waals surface area contributed by atoms with Crippen molar-refractivity contribution in [1.29, 1.82) is 0 Å². The van der Waals surface area contributed by atoms with E-state index in [1.165, 1.54) is 0 Å².